The van der Waals surface area contributed by atoms with Gasteiger partial charge in [-0.2, -0.15) is 0 Å². The number of esters is 1. The number of carbonyl (C=O) groups excluding carboxylic acids is 2. The standard InChI is InChI=1S/C22H28N2O3/c1-15-9-8-10-16(2)23(15)21(25)14-27-22(26)20-13-17(3)24(18(20)4)19-11-6-5-7-12-19/h5-7,11-13,15-16H,8-10,14H2,1-4H3/t15-,16+. The number of hydrogen-bond acceptors (Lipinski definition) is 3. The fraction of sp³-hybridized carbons (Fsp3) is 0.455. The SMILES string of the molecule is Cc1cc(C(=O)OCC(=O)N2[C@H](C)CCC[C@@H]2C)c(C)n1-c1ccccc1. The number of piperidine rings is 1. The van der Waals surface area contributed by atoms with Crippen molar-refractivity contribution in [3.63, 3.8) is 0 Å². The van der Waals surface area contributed by atoms with Crippen LogP contribution in [0.3, 0.4) is 0 Å². The molecular formula is C22H28N2O3. The number of aromatic nitrogens is 1. The zero-order chi connectivity index (χ0) is 19.6. The molecule has 5 heteroatoms. The van der Waals surface area contributed by atoms with Crippen LogP contribution < -0.4 is 0 Å². The normalized spacial score (nSPS) is 19.8. The van der Waals surface area contributed by atoms with E-state index in [2.05, 4.69) is 13.8 Å². The van der Waals surface area contributed by atoms with Crippen LogP contribution in [0.4, 0.5) is 0 Å². The monoisotopic (exact) mass is 368 g/mol. The molecule has 0 spiro atoms. The van der Waals surface area contributed by atoms with Crippen LogP contribution in [0.25, 0.3) is 5.69 Å². The van der Waals surface area contributed by atoms with Gasteiger partial charge in [0.2, 0.25) is 0 Å². The second-order valence-corrected chi connectivity index (χ2v) is 7.46. The average Bonchev–Trinajstić information content (AvgIpc) is 2.94. The third-order valence-electron chi connectivity index (χ3n) is 5.47. The van der Waals surface area contributed by atoms with Gasteiger partial charge in [0.1, 0.15) is 0 Å². The van der Waals surface area contributed by atoms with E-state index in [1.54, 1.807) is 0 Å². The lowest BCUT2D eigenvalue weighted by Crippen LogP contribution is -2.49. The van der Waals surface area contributed by atoms with Crippen molar-refractivity contribution in [2.75, 3.05) is 6.61 Å². The van der Waals surface area contributed by atoms with Crippen molar-refractivity contribution in [3.05, 3.63) is 53.3 Å². The van der Waals surface area contributed by atoms with Crippen molar-refractivity contribution in [1.82, 2.24) is 9.47 Å². The van der Waals surface area contributed by atoms with Crippen LogP contribution in [-0.4, -0.2) is 40.0 Å². The van der Waals surface area contributed by atoms with Crippen molar-refractivity contribution in [1.29, 1.82) is 0 Å². The minimum atomic E-state index is -0.448. The van der Waals surface area contributed by atoms with E-state index in [0.29, 0.717) is 5.56 Å². The first-order chi connectivity index (χ1) is 12.9. The molecule has 0 N–H and O–H groups in total. The van der Waals surface area contributed by atoms with Gasteiger partial charge in [-0.3, -0.25) is 4.79 Å². The summed E-state index contributed by atoms with van der Waals surface area (Å²) in [6.07, 6.45) is 3.14. The van der Waals surface area contributed by atoms with E-state index in [1.165, 1.54) is 0 Å². The number of nitrogens with zero attached hydrogens (tertiary/aromatic N) is 2. The molecule has 1 amide bonds. The molecule has 27 heavy (non-hydrogen) atoms. The molecule has 1 aromatic carbocycles. The second kappa shape index (κ2) is 7.99. The zero-order valence-electron chi connectivity index (χ0n) is 16.6. The number of rotatable bonds is 4. The predicted molar refractivity (Wildman–Crippen MR) is 105 cm³/mol. The summed E-state index contributed by atoms with van der Waals surface area (Å²) in [5, 5.41) is 0. The molecule has 3 rings (SSSR count). The van der Waals surface area contributed by atoms with Gasteiger partial charge in [0.05, 0.1) is 5.56 Å². The summed E-state index contributed by atoms with van der Waals surface area (Å²) in [4.78, 5) is 27.0. The van der Waals surface area contributed by atoms with Crippen molar-refractivity contribution < 1.29 is 14.3 Å². The molecule has 1 aromatic heterocycles. The highest BCUT2D eigenvalue weighted by Crippen LogP contribution is 2.24. The fourth-order valence-corrected chi connectivity index (χ4v) is 4.14. The molecule has 144 valence electrons. The number of benzene rings is 1. The highest BCUT2D eigenvalue weighted by molar-refractivity contribution is 5.93. The molecule has 0 aliphatic carbocycles. The quantitative estimate of drug-likeness (QED) is 0.765. The van der Waals surface area contributed by atoms with Crippen LogP contribution in [0.2, 0.25) is 0 Å². The summed E-state index contributed by atoms with van der Waals surface area (Å²) >= 11 is 0. The molecule has 0 radical (unpaired) electrons. The van der Waals surface area contributed by atoms with Crippen LogP contribution in [0.15, 0.2) is 36.4 Å². The molecular weight excluding hydrogens is 340 g/mol. The predicted octanol–water partition coefficient (Wildman–Crippen LogP) is 4.04. The van der Waals surface area contributed by atoms with Gasteiger partial charge >= 0.3 is 5.97 Å². The van der Waals surface area contributed by atoms with Crippen LogP contribution in [0.1, 0.15) is 54.9 Å². The molecule has 2 aromatic rings. The summed E-state index contributed by atoms with van der Waals surface area (Å²) in [5.74, 6) is -0.559. The van der Waals surface area contributed by atoms with Gasteiger partial charge in [-0.1, -0.05) is 18.2 Å². The second-order valence-electron chi connectivity index (χ2n) is 7.46. The maximum atomic E-state index is 12.6. The van der Waals surface area contributed by atoms with Gasteiger partial charge in [-0.05, 0) is 65.2 Å². The molecule has 0 unspecified atom stereocenters. The third kappa shape index (κ3) is 3.92. The lowest BCUT2D eigenvalue weighted by atomic mass is 9.97. The van der Waals surface area contributed by atoms with Crippen LogP contribution in [0, 0.1) is 13.8 Å². The Kier molecular flexibility index (Phi) is 5.68. The number of amides is 1. The molecule has 1 aliphatic heterocycles. The third-order valence-corrected chi connectivity index (χ3v) is 5.47. The van der Waals surface area contributed by atoms with Gasteiger partial charge in [0, 0.05) is 29.2 Å². The fourth-order valence-electron chi connectivity index (χ4n) is 4.14. The minimum absolute atomic E-state index is 0.111. The zero-order valence-corrected chi connectivity index (χ0v) is 16.6. The van der Waals surface area contributed by atoms with Crippen LogP contribution in [-0.2, 0) is 9.53 Å². The van der Waals surface area contributed by atoms with Crippen LogP contribution >= 0.6 is 0 Å². The molecule has 1 fully saturated rings. The van der Waals surface area contributed by atoms with E-state index in [4.69, 9.17) is 4.74 Å². The van der Waals surface area contributed by atoms with Gasteiger partial charge in [0.25, 0.3) is 5.91 Å². The first-order valence-electron chi connectivity index (χ1n) is 9.62. The number of carbonyl (C=O) groups is 2. The van der Waals surface area contributed by atoms with E-state index >= 15 is 0 Å². The van der Waals surface area contributed by atoms with Crippen LogP contribution in [0.5, 0.6) is 0 Å². The van der Waals surface area contributed by atoms with Crippen molar-refractivity contribution in [2.45, 2.75) is 59.0 Å². The largest absolute Gasteiger partial charge is 0.452 e. The summed E-state index contributed by atoms with van der Waals surface area (Å²) in [5.41, 5.74) is 3.27. The highest BCUT2D eigenvalue weighted by Gasteiger charge is 2.29. The van der Waals surface area contributed by atoms with Gasteiger partial charge in [0.15, 0.2) is 6.61 Å². The van der Waals surface area contributed by atoms with E-state index in [9.17, 15) is 9.59 Å². The molecule has 2 atom stereocenters. The van der Waals surface area contributed by atoms with Gasteiger partial charge in [-0.15, -0.1) is 0 Å². The Balaban J connectivity index is 1.71. The summed E-state index contributed by atoms with van der Waals surface area (Å²) < 4.78 is 7.40. The van der Waals surface area contributed by atoms with Crippen molar-refractivity contribution >= 4 is 11.9 Å². The van der Waals surface area contributed by atoms with Crippen molar-refractivity contribution in [3.8, 4) is 5.69 Å². The molecule has 5 nitrogen and oxygen atoms in total. The van der Waals surface area contributed by atoms with Gasteiger partial charge < -0.3 is 14.2 Å². The minimum Gasteiger partial charge on any atom is -0.452 e. The van der Waals surface area contributed by atoms with Gasteiger partial charge in [-0.25, -0.2) is 4.79 Å². The maximum absolute atomic E-state index is 12.6. The maximum Gasteiger partial charge on any atom is 0.340 e. The molecule has 1 aliphatic rings. The highest BCUT2D eigenvalue weighted by atomic mass is 16.5. The Labute approximate surface area is 160 Å². The molecule has 1 saturated heterocycles. The Bertz CT molecular complexity index is 816. The first-order valence-corrected chi connectivity index (χ1v) is 9.62. The summed E-state index contributed by atoms with van der Waals surface area (Å²) in [6.45, 7) is 7.76. The van der Waals surface area contributed by atoms with Crippen molar-refractivity contribution in [2.24, 2.45) is 0 Å². The van der Waals surface area contributed by atoms with E-state index in [-0.39, 0.29) is 24.6 Å². The number of para-hydroxylation sites is 1. The van der Waals surface area contributed by atoms with E-state index in [0.717, 1.165) is 36.3 Å². The van der Waals surface area contributed by atoms with E-state index in [1.807, 2.05) is 59.7 Å². The number of hydrogen-bond donors (Lipinski definition) is 0. The molecule has 0 saturated carbocycles. The Hall–Kier alpha value is -2.56. The number of ether oxygens (including phenoxy) is 1. The topological polar surface area (TPSA) is 51.5 Å². The summed E-state index contributed by atoms with van der Waals surface area (Å²) in [7, 11) is 0. The number of aryl methyl sites for hydroxylation is 1. The smallest absolute Gasteiger partial charge is 0.340 e. The molecule has 0 bridgehead atoms. The first kappa shape index (κ1) is 19.2. The lowest BCUT2D eigenvalue weighted by molar-refractivity contribution is -0.140. The average molecular weight is 368 g/mol. The Morgan fingerprint density at radius 3 is 2.33 bits per heavy atom. The number of likely N-dealkylation sites (tertiary alicyclic amines) is 1. The lowest BCUT2D eigenvalue weighted by Gasteiger charge is -2.38. The summed E-state index contributed by atoms with van der Waals surface area (Å²) in [6, 6.07) is 12.1. The molecule has 2 heterocycles. The van der Waals surface area contributed by atoms with E-state index < -0.39 is 5.97 Å². The Morgan fingerprint density at radius 1 is 1.07 bits per heavy atom. The Morgan fingerprint density at radius 2 is 1.70 bits per heavy atom.